The smallest absolute Gasteiger partial charge is 0.313 e. The van der Waals surface area contributed by atoms with Gasteiger partial charge in [0.15, 0.2) is 0 Å². The van der Waals surface area contributed by atoms with Crippen LogP contribution in [-0.4, -0.2) is 23.4 Å². The Morgan fingerprint density at radius 2 is 1.85 bits per heavy atom. The predicted molar refractivity (Wildman–Crippen MR) is 102 cm³/mol. The number of hydrogen-bond acceptors (Lipinski definition) is 4. The predicted octanol–water partition coefficient (Wildman–Crippen LogP) is 3.20. The van der Waals surface area contributed by atoms with E-state index in [2.05, 4.69) is 15.6 Å². The molecule has 3 aromatic rings. The van der Waals surface area contributed by atoms with Crippen LogP contribution in [-0.2, 0) is 9.59 Å². The molecule has 27 heavy (non-hydrogen) atoms. The molecular weight excluding hydrogens is 342 g/mol. The quantitative estimate of drug-likeness (QED) is 0.687. The van der Waals surface area contributed by atoms with Crippen molar-refractivity contribution in [1.82, 2.24) is 10.3 Å². The van der Waals surface area contributed by atoms with E-state index in [9.17, 15) is 9.59 Å². The molecule has 1 aliphatic rings. The summed E-state index contributed by atoms with van der Waals surface area (Å²) >= 11 is 0. The number of rotatable bonds is 2. The van der Waals surface area contributed by atoms with E-state index in [4.69, 9.17) is 4.74 Å². The highest BCUT2D eigenvalue weighted by Gasteiger charge is 2.24. The maximum absolute atomic E-state index is 12.4. The fraction of sp³-hybridized carbons (Fsp3) is 0.190. The Kier molecular flexibility index (Phi) is 4.70. The van der Waals surface area contributed by atoms with Crippen LogP contribution in [0.15, 0.2) is 60.8 Å². The van der Waals surface area contributed by atoms with E-state index < -0.39 is 11.8 Å². The van der Waals surface area contributed by atoms with Crippen LogP contribution in [0.5, 0.6) is 5.75 Å². The van der Waals surface area contributed by atoms with Gasteiger partial charge < -0.3 is 15.4 Å². The number of pyridine rings is 1. The van der Waals surface area contributed by atoms with E-state index in [0.717, 1.165) is 28.6 Å². The molecule has 1 atom stereocenters. The average molecular weight is 361 g/mol. The number of ether oxygens (including phenoxy) is 1. The van der Waals surface area contributed by atoms with Gasteiger partial charge in [0.1, 0.15) is 5.75 Å². The lowest BCUT2D eigenvalue weighted by molar-refractivity contribution is -0.136. The summed E-state index contributed by atoms with van der Waals surface area (Å²) in [6.45, 7) is 0.596. The van der Waals surface area contributed by atoms with Gasteiger partial charge in [0.25, 0.3) is 0 Å². The highest BCUT2D eigenvalue weighted by Crippen LogP contribution is 2.31. The molecule has 1 unspecified atom stereocenters. The first-order valence-electron chi connectivity index (χ1n) is 8.89. The molecule has 136 valence electrons. The van der Waals surface area contributed by atoms with Crippen molar-refractivity contribution in [2.75, 3.05) is 11.9 Å². The summed E-state index contributed by atoms with van der Waals surface area (Å²) in [5.41, 5.74) is 2.21. The summed E-state index contributed by atoms with van der Waals surface area (Å²) in [6, 6.07) is 16.7. The van der Waals surface area contributed by atoms with Gasteiger partial charge in [0, 0.05) is 10.9 Å². The maximum atomic E-state index is 12.4. The van der Waals surface area contributed by atoms with Crippen molar-refractivity contribution in [3.05, 3.63) is 66.4 Å². The summed E-state index contributed by atoms with van der Waals surface area (Å²) in [7, 11) is 0. The minimum absolute atomic E-state index is 0.253. The van der Waals surface area contributed by atoms with Crippen LogP contribution in [0.25, 0.3) is 10.9 Å². The highest BCUT2D eigenvalue weighted by molar-refractivity contribution is 6.39. The maximum Gasteiger partial charge on any atom is 0.313 e. The zero-order valence-corrected chi connectivity index (χ0v) is 14.6. The van der Waals surface area contributed by atoms with Crippen LogP contribution in [0, 0.1) is 0 Å². The third kappa shape index (κ3) is 3.74. The van der Waals surface area contributed by atoms with Crippen LogP contribution in [0.3, 0.4) is 0 Å². The van der Waals surface area contributed by atoms with Gasteiger partial charge in [-0.1, -0.05) is 36.4 Å². The fourth-order valence-corrected chi connectivity index (χ4v) is 3.23. The normalized spacial score (nSPS) is 15.9. The second kappa shape index (κ2) is 7.45. The van der Waals surface area contributed by atoms with Crippen molar-refractivity contribution in [2.24, 2.45) is 0 Å². The third-order valence-corrected chi connectivity index (χ3v) is 4.55. The van der Waals surface area contributed by atoms with Crippen LogP contribution >= 0.6 is 0 Å². The zero-order chi connectivity index (χ0) is 18.6. The molecule has 6 heteroatoms. The van der Waals surface area contributed by atoms with E-state index in [1.54, 1.807) is 12.3 Å². The molecule has 0 saturated heterocycles. The van der Waals surface area contributed by atoms with Crippen molar-refractivity contribution in [3.8, 4) is 5.75 Å². The largest absolute Gasteiger partial charge is 0.493 e. The van der Waals surface area contributed by atoms with Crippen LogP contribution in [0.4, 0.5) is 5.69 Å². The number of hydrogen-bond donors (Lipinski definition) is 2. The Balaban J connectivity index is 1.47. The Bertz CT molecular complexity index is 1000. The Hall–Kier alpha value is -3.41. The second-order valence-electron chi connectivity index (χ2n) is 6.43. The van der Waals surface area contributed by atoms with Crippen molar-refractivity contribution in [3.63, 3.8) is 0 Å². The van der Waals surface area contributed by atoms with E-state index in [-0.39, 0.29) is 6.04 Å². The first-order valence-corrected chi connectivity index (χ1v) is 8.89. The first-order chi connectivity index (χ1) is 13.2. The van der Waals surface area contributed by atoms with E-state index in [1.807, 2.05) is 48.5 Å². The minimum Gasteiger partial charge on any atom is -0.493 e. The van der Waals surface area contributed by atoms with Crippen LogP contribution in [0.1, 0.15) is 24.4 Å². The van der Waals surface area contributed by atoms with Crippen molar-refractivity contribution < 1.29 is 14.3 Å². The summed E-state index contributed by atoms with van der Waals surface area (Å²) in [5, 5.41) is 6.33. The van der Waals surface area contributed by atoms with Gasteiger partial charge in [-0.2, -0.15) is 0 Å². The standard InChI is InChI=1S/C21H19N3O3/c25-20(23-15-12-14-6-1-3-8-17(14)22-13-15)21(26)24-18-9-5-11-27-19-10-4-2-7-16(18)19/h1-4,6-8,10,12-13,18H,5,9,11H2,(H,23,25)(H,24,26). The molecular formula is C21H19N3O3. The Labute approximate surface area is 156 Å². The summed E-state index contributed by atoms with van der Waals surface area (Å²) < 4.78 is 5.70. The minimum atomic E-state index is -0.713. The number of benzene rings is 2. The number of aromatic nitrogens is 1. The summed E-state index contributed by atoms with van der Waals surface area (Å²) in [6.07, 6.45) is 3.06. The number of carbonyl (C=O) groups is 2. The van der Waals surface area contributed by atoms with Gasteiger partial charge >= 0.3 is 11.8 Å². The molecule has 1 aromatic heterocycles. The molecule has 6 nitrogen and oxygen atoms in total. The van der Waals surface area contributed by atoms with Gasteiger partial charge in [-0.15, -0.1) is 0 Å². The molecule has 0 aliphatic carbocycles. The van der Waals surface area contributed by atoms with Crippen molar-refractivity contribution >= 4 is 28.4 Å². The molecule has 2 heterocycles. The molecule has 2 aromatic carbocycles. The van der Waals surface area contributed by atoms with Crippen molar-refractivity contribution in [2.45, 2.75) is 18.9 Å². The lowest BCUT2D eigenvalue weighted by Gasteiger charge is -2.18. The van der Waals surface area contributed by atoms with Crippen LogP contribution < -0.4 is 15.4 Å². The van der Waals surface area contributed by atoms with Gasteiger partial charge in [-0.05, 0) is 31.0 Å². The monoisotopic (exact) mass is 361 g/mol. The lowest BCUT2D eigenvalue weighted by atomic mass is 10.0. The fourth-order valence-electron chi connectivity index (χ4n) is 3.23. The topological polar surface area (TPSA) is 80.3 Å². The average Bonchev–Trinajstić information content (AvgIpc) is 2.90. The molecule has 0 radical (unpaired) electrons. The number of nitrogens with zero attached hydrogens (tertiary/aromatic N) is 1. The van der Waals surface area contributed by atoms with Gasteiger partial charge in [-0.3, -0.25) is 14.6 Å². The SMILES string of the molecule is O=C(Nc1cnc2ccccc2c1)C(=O)NC1CCCOc2ccccc21. The number of amides is 2. The number of fused-ring (bicyclic) bond motifs is 2. The number of carbonyl (C=O) groups excluding carboxylic acids is 2. The van der Waals surface area contributed by atoms with E-state index in [1.165, 1.54) is 0 Å². The number of para-hydroxylation sites is 2. The highest BCUT2D eigenvalue weighted by atomic mass is 16.5. The number of nitrogens with one attached hydrogen (secondary N) is 2. The van der Waals surface area contributed by atoms with Crippen molar-refractivity contribution in [1.29, 1.82) is 0 Å². The van der Waals surface area contributed by atoms with E-state index in [0.29, 0.717) is 18.7 Å². The van der Waals surface area contributed by atoms with Crippen LogP contribution in [0.2, 0.25) is 0 Å². The molecule has 2 amide bonds. The van der Waals surface area contributed by atoms with Gasteiger partial charge in [0.05, 0.1) is 30.0 Å². The summed E-state index contributed by atoms with van der Waals surface area (Å²) in [4.78, 5) is 29.0. The zero-order valence-electron chi connectivity index (χ0n) is 14.6. The van der Waals surface area contributed by atoms with Gasteiger partial charge in [0.2, 0.25) is 0 Å². The molecule has 4 rings (SSSR count). The van der Waals surface area contributed by atoms with E-state index >= 15 is 0 Å². The molecule has 0 spiro atoms. The third-order valence-electron chi connectivity index (χ3n) is 4.55. The Morgan fingerprint density at radius 3 is 2.78 bits per heavy atom. The molecule has 0 saturated carbocycles. The number of anilines is 1. The molecule has 2 N–H and O–H groups in total. The van der Waals surface area contributed by atoms with Gasteiger partial charge in [-0.25, -0.2) is 0 Å². The lowest BCUT2D eigenvalue weighted by Crippen LogP contribution is -2.37. The Morgan fingerprint density at radius 1 is 1.04 bits per heavy atom. The molecule has 0 fully saturated rings. The summed E-state index contributed by atoms with van der Waals surface area (Å²) in [5.74, 6) is -0.640. The molecule has 0 bridgehead atoms. The second-order valence-corrected chi connectivity index (χ2v) is 6.43. The first kappa shape index (κ1) is 17.0. The molecule has 1 aliphatic heterocycles.